The van der Waals surface area contributed by atoms with E-state index in [0.717, 1.165) is 19.6 Å². The quantitative estimate of drug-likeness (QED) is 0.792. The number of likely N-dealkylation sites (tertiary alicyclic amines) is 1. The number of benzene rings is 1. The first-order chi connectivity index (χ1) is 9.68. The Kier molecular flexibility index (Phi) is 3.57. The van der Waals surface area contributed by atoms with Gasteiger partial charge in [-0.15, -0.1) is 0 Å². The molecule has 2 heterocycles. The Balaban J connectivity index is 1.74. The van der Waals surface area contributed by atoms with Crippen LogP contribution >= 0.6 is 0 Å². The summed E-state index contributed by atoms with van der Waals surface area (Å²) < 4.78 is 0. The Morgan fingerprint density at radius 2 is 1.55 bits per heavy atom. The van der Waals surface area contributed by atoms with Crippen molar-refractivity contribution in [3.05, 3.63) is 35.4 Å². The summed E-state index contributed by atoms with van der Waals surface area (Å²) in [5.41, 5.74) is 1.09. The fourth-order valence-electron chi connectivity index (χ4n) is 3.21. The lowest BCUT2D eigenvalue weighted by molar-refractivity contribution is 0.0551. The summed E-state index contributed by atoms with van der Waals surface area (Å²) in [6.45, 7) is 4.91. The number of nitrogens with zero attached hydrogens (tertiary/aromatic N) is 2. The van der Waals surface area contributed by atoms with Crippen molar-refractivity contribution in [3.8, 4) is 0 Å². The van der Waals surface area contributed by atoms with Gasteiger partial charge in [0, 0.05) is 6.54 Å². The summed E-state index contributed by atoms with van der Waals surface area (Å²) in [4.78, 5) is 28.5. The number of carbonyl (C=O) groups is 2. The van der Waals surface area contributed by atoms with Crippen molar-refractivity contribution in [2.24, 2.45) is 0 Å². The van der Waals surface area contributed by atoms with E-state index < -0.39 is 0 Å². The Labute approximate surface area is 119 Å². The number of rotatable bonds is 3. The Hall–Kier alpha value is -1.68. The van der Waals surface area contributed by atoms with Crippen LogP contribution in [0.25, 0.3) is 0 Å². The maximum atomic E-state index is 12.4. The van der Waals surface area contributed by atoms with Crippen LogP contribution in [0.4, 0.5) is 0 Å². The molecule has 1 aromatic carbocycles. The number of fused-ring (bicyclic) bond motifs is 1. The molecule has 0 bridgehead atoms. The minimum Gasteiger partial charge on any atom is -0.301 e. The Morgan fingerprint density at radius 3 is 2.10 bits per heavy atom. The summed E-state index contributed by atoms with van der Waals surface area (Å²) in [7, 11) is 0. The van der Waals surface area contributed by atoms with Crippen LogP contribution in [0.3, 0.4) is 0 Å². The van der Waals surface area contributed by atoms with Gasteiger partial charge in [0.15, 0.2) is 0 Å². The SMILES string of the molecule is CC(CN1CCCCC1)N1C(=O)c2ccccc2C1=O. The zero-order chi connectivity index (χ0) is 14.1. The number of carbonyl (C=O) groups excluding carboxylic acids is 2. The molecule has 1 atom stereocenters. The van der Waals surface area contributed by atoms with Crippen LogP contribution in [0.2, 0.25) is 0 Å². The van der Waals surface area contributed by atoms with E-state index >= 15 is 0 Å². The summed E-state index contributed by atoms with van der Waals surface area (Å²) in [5, 5.41) is 0. The highest BCUT2D eigenvalue weighted by Crippen LogP contribution is 2.25. The van der Waals surface area contributed by atoms with Crippen LogP contribution in [0, 0.1) is 0 Å². The van der Waals surface area contributed by atoms with Crippen molar-refractivity contribution in [1.82, 2.24) is 9.80 Å². The van der Waals surface area contributed by atoms with Gasteiger partial charge in [0.05, 0.1) is 17.2 Å². The average molecular weight is 272 g/mol. The van der Waals surface area contributed by atoms with E-state index in [2.05, 4.69) is 4.90 Å². The summed E-state index contributed by atoms with van der Waals surface area (Å²) in [6, 6.07) is 7.03. The van der Waals surface area contributed by atoms with Gasteiger partial charge in [-0.05, 0) is 45.0 Å². The molecule has 20 heavy (non-hydrogen) atoms. The molecular weight excluding hydrogens is 252 g/mol. The van der Waals surface area contributed by atoms with Gasteiger partial charge in [0.2, 0.25) is 0 Å². The molecule has 0 N–H and O–H groups in total. The Bertz CT molecular complexity index is 500. The van der Waals surface area contributed by atoms with Crippen LogP contribution in [0.1, 0.15) is 46.9 Å². The lowest BCUT2D eigenvalue weighted by atomic mass is 10.1. The second kappa shape index (κ2) is 5.37. The van der Waals surface area contributed by atoms with Gasteiger partial charge in [-0.2, -0.15) is 0 Å². The lowest BCUT2D eigenvalue weighted by Crippen LogP contribution is -2.46. The van der Waals surface area contributed by atoms with Gasteiger partial charge in [-0.1, -0.05) is 18.6 Å². The molecule has 4 heteroatoms. The second-order valence-corrected chi connectivity index (χ2v) is 5.74. The maximum absolute atomic E-state index is 12.4. The first kappa shape index (κ1) is 13.3. The smallest absolute Gasteiger partial charge is 0.261 e. The predicted octanol–water partition coefficient (Wildman–Crippen LogP) is 2.16. The summed E-state index contributed by atoms with van der Waals surface area (Å²) >= 11 is 0. The van der Waals surface area contributed by atoms with Crippen molar-refractivity contribution < 1.29 is 9.59 Å². The van der Waals surface area contributed by atoms with Gasteiger partial charge in [-0.3, -0.25) is 14.5 Å². The predicted molar refractivity (Wildman–Crippen MR) is 76.7 cm³/mol. The largest absolute Gasteiger partial charge is 0.301 e. The molecule has 2 aliphatic rings. The number of amides is 2. The van der Waals surface area contributed by atoms with Crippen LogP contribution in [0.15, 0.2) is 24.3 Å². The van der Waals surface area contributed by atoms with E-state index in [1.165, 1.54) is 24.2 Å². The molecule has 1 unspecified atom stereocenters. The summed E-state index contributed by atoms with van der Waals surface area (Å²) in [6.07, 6.45) is 3.72. The number of imide groups is 1. The van der Waals surface area contributed by atoms with Crippen molar-refractivity contribution in [2.45, 2.75) is 32.2 Å². The standard InChI is InChI=1S/C16H20N2O2/c1-12(11-17-9-5-2-6-10-17)18-15(19)13-7-3-4-8-14(13)16(18)20/h3-4,7-8,12H,2,5-6,9-11H2,1H3. The molecule has 4 nitrogen and oxygen atoms in total. The van der Waals surface area contributed by atoms with Crippen molar-refractivity contribution in [1.29, 1.82) is 0 Å². The molecule has 0 aromatic heterocycles. The average Bonchev–Trinajstić information content (AvgIpc) is 2.72. The van der Waals surface area contributed by atoms with E-state index in [1.54, 1.807) is 12.1 Å². The number of hydrogen-bond acceptors (Lipinski definition) is 3. The van der Waals surface area contributed by atoms with E-state index in [4.69, 9.17) is 0 Å². The molecule has 2 amide bonds. The topological polar surface area (TPSA) is 40.6 Å². The minimum atomic E-state index is -0.143. The lowest BCUT2D eigenvalue weighted by Gasteiger charge is -2.32. The summed E-state index contributed by atoms with van der Waals surface area (Å²) in [5.74, 6) is -0.287. The first-order valence-electron chi connectivity index (χ1n) is 7.38. The highest BCUT2D eigenvalue weighted by atomic mass is 16.2. The number of piperidine rings is 1. The van der Waals surface area contributed by atoms with Gasteiger partial charge in [0.25, 0.3) is 11.8 Å². The van der Waals surface area contributed by atoms with E-state index in [1.807, 2.05) is 19.1 Å². The van der Waals surface area contributed by atoms with Crippen molar-refractivity contribution >= 4 is 11.8 Å². The van der Waals surface area contributed by atoms with Crippen LogP contribution < -0.4 is 0 Å². The molecule has 1 fully saturated rings. The third-order valence-corrected chi connectivity index (χ3v) is 4.24. The van der Waals surface area contributed by atoms with Gasteiger partial charge >= 0.3 is 0 Å². The van der Waals surface area contributed by atoms with Gasteiger partial charge in [-0.25, -0.2) is 0 Å². The molecule has 0 radical (unpaired) electrons. The first-order valence-corrected chi connectivity index (χ1v) is 7.38. The fraction of sp³-hybridized carbons (Fsp3) is 0.500. The molecule has 0 spiro atoms. The second-order valence-electron chi connectivity index (χ2n) is 5.74. The van der Waals surface area contributed by atoms with Crippen molar-refractivity contribution in [3.63, 3.8) is 0 Å². The highest BCUT2D eigenvalue weighted by molar-refractivity contribution is 6.21. The minimum absolute atomic E-state index is 0.0690. The van der Waals surface area contributed by atoms with Gasteiger partial charge in [0.1, 0.15) is 0 Å². The fourth-order valence-corrected chi connectivity index (χ4v) is 3.21. The van der Waals surface area contributed by atoms with Crippen LogP contribution in [-0.2, 0) is 0 Å². The van der Waals surface area contributed by atoms with Crippen molar-refractivity contribution in [2.75, 3.05) is 19.6 Å². The molecule has 106 valence electrons. The zero-order valence-electron chi connectivity index (χ0n) is 11.8. The van der Waals surface area contributed by atoms with Gasteiger partial charge < -0.3 is 4.90 Å². The molecule has 0 aliphatic carbocycles. The molecule has 3 rings (SSSR count). The zero-order valence-corrected chi connectivity index (χ0v) is 11.8. The van der Waals surface area contributed by atoms with E-state index in [9.17, 15) is 9.59 Å². The highest BCUT2D eigenvalue weighted by Gasteiger charge is 2.38. The molecule has 0 saturated carbocycles. The third-order valence-electron chi connectivity index (χ3n) is 4.24. The van der Waals surface area contributed by atoms with Crippen LogP contribution in [-0.4, -0.2) is 47.3 Å². The molecule has 1 aromatic rings. The molecular formula is C16H20N2O2. The maximum Gasteiger partial charge on any atom is 0.261 e. The van der Waals surface area contributed by atoms with E-state index in [-0.39, 0.29) is 17.9 Å². The molecule has 2 aliphatic heterocycles. The third kappa shape index (κ3) is 2.24. The van der Waals surface area contributed by atoms with E-state index in [0.29, 0.717) is 11.1 Å². The molecule has 1 saturated heterocycles. The van der Waals surface area contributed by atoms with Crippen LogP contribution in [0.5, 0.6) is 0 Å². The monoisotopic (exact) mass is 272 g/mol. The number of hydrogen-bond donors (Lipinski definition) is 0. The normalized spacial score (nSPS) is 21.1. The Morgan fingerprint density at radius 1 is 1.00 bits per heavy atom.